The Hall–Kier alpha value is -1.06. The third-order valence-corrected chi connectivity index (χ3v) is 3.06. The van der Waals surface area contributed by atoms with Crippen LogP contribution in [0.3, 0.4) is 0 Å². The zero-order valence-corrected chi connectivity index (χ0v) is 11.1. The number of aliphatic hydroxyl groups is 1. The summed E-state index contributed by atoms with van der Waals surface area (Å²) in [7, 11) is 0. The molecule has 3 heteroatoms. The number of benzene rings is 1. The average molecular weight is 236 g/mol. The van der Waals surface area contributed by atoms with Crippen molar-refractivity contribution in [2.24, 2.45) is 5.73 Å². The predicted molar refractivity (Wildman–Crippen MR) is 73.4 cm³/mol. The molecule has 96 valence electrons. The first kappa shape index (κ1) is 14.0. The second-order valence-electron chi connectivity index (χ2n) is 4.98. The lowest BCUT2D eigenvalue weighted by molar-refractivity contribution is 0.202. The second-order valence-corrected chi connectivity index (χ2v) is 4.98. The van der Waals surface area contributed by atoms with Crippen molar-refractivity contribution in [1.82, 2.24) is 0 Å². The summed E-state index contributed by atoms with van der Waals surface area (Å²) >= 11 is 0. The third kappa shape index (κ3) is 4.36. The molecule has 1 atom stereocenters. The van der Waals surface area contributed by atoms with Gasteiger partial charge in [0.05, 0.1) is 6.61 Å². The van der Waals surface area contributed by atoms with E-state index in [1.54, 1.807) is 0 Å². The number of anilines is 1. The number of nitrogens with two attached hydrogens (primary N) is 1. The minimum atomic E-state index is -0.489. The summed E-state index contributed by atoms with van der Waals surface area (Å²) in [4.78, 5) is 2.29. The molecular formula is C14H24N2O. The average Bonchev–Trinajstić information content (AvgIpc) is 2.30. The first-order chi connectivity index (χ1) is 7.98. The molecule has 0 aliphatic rings. The molecule has 0 aromatic heterocycles. The van der Waals surface area contributed by atoms with Crippen LogP contribution in [0, 0.1) is 6.92 Å². The highest BCUT2D eigenvalue weighted by molar-refractivity contribution is 5.48. The molecule has 0 aliphatic carbocycles. The Morgan fingerprint density at radius 1 is 1.41 bits per heavy atom. The molecule has 1 aromatic carbocycles. The van der Waals surface area contributed by atoms with Crippen molar-refractivity contribution in [3.8, 4) is 0 Å². The minimum absolute atomic E-state index is 0.0262. The fourth-order valence-electron chi connectivity index (χ4n) is 1.76. The van der Waals surface area contributed by atoms with Gasteiger partial charge in [-0.1, -0.05) is 12.1 Å². The van der Waals surface area contributed by atoms with Gasteiger partial charge in [-0.05, 0) is 44.9 Å². The second kappa shape index (κ2) is 6.03. The molecule has 1 aromatic rings. The van der Waals surface area contributed by atoms with Crippen LogP contribution in [0.15, 0.2) is 24.3 Å². The lowest BCUT2D eigenvalue weighted by Crippen LogP contribution is -2.43. The van der Waals surface area contributed by atoms with E-state index in [-0.39, 0.29) is 6.61 Å². The third-order valence-electron chi connectivity index (χ3n) is 3.06. The number of nitrogens with zero attached hydrogens (tertiary/aromatic N) is 1. The SMILES string of the molecule is CCN(CCC(C)(N)CO)c1cccc(C)c1. The first-order valence-corrected chi connectivity index (χ1v) is 6.20. The monoisotopic (exact) mass is 236 g/mol. The van der Waals surface area contributed by atoms with Crippen LogP contribution < -0.4 is 10.6 Å². The van der Waals surface area contributed by atoms with Crippen LogP contribution in [0.4, 0.5) is 5.69 Å². The van der Waals surface area contributed by atoms with Gasteiger partial charge < -0.3 is 15.7 Å². The van der Waals surface area contributed by atoms with Crippen LogP contribution in [0.25, 0.3) is 0 Å². The van der Waals surface area contributed by atoms with E-state index in [2.05, 4.69) is 43.0 Å². The van der Waals surface area contributed by atoms with E-state index in [1.165, 1.54) is 11.3 Å². The van der Waals surface area contributed by atoms with Gasteiger partial charge in [-0.3, -0.25) is 0 Å². The zero-order valence-electron chi connectivity index (χ0n) is 11.1. The number of rotatable bonds is 6. The van der Waals surface area contributed by atoms with E-state index in [0.29, 0.717) is 0 Å². The Morgan fingerprint density at radius 3 is 2.65 bits per heavy atom. The highest BCUT2D eigenvalue weighted by Gasteiger charge is 2.18. The summed E-state index contributed by atoms with van der Waals surface area (Å²) < 4.78 is 0. The van der Waals surface area contributed by atoms with Crippen molar-refractivity contribution in [3.05, 3.63) is 29.8 Å². The maximum atomic E-state index is 9.15. The summed E-state index contributed by atoms with van der Waals surface area (Å²) in [5, 5.41) is 9.15. The summed E-state index contributed by atoms with van der Waals surface area (Å²) in [5.74, 6) is 0. The summed E-state index contributed by atoms with van der Waals surface area (Å²) in [6, 6.07) is 8.46. The Balaban J connectivity index is 2.66. The smallest absolute Gasteiger partial charge is 0.0609 e. The maximum absolute atomic E-state index is 9.15. The molecule has 0 fully saturated rings. The van der Waals surface area contributed by atoms with Gasteiger partial charge in [-0.2, -0.15) is 0 Å². The molecule has 0 spiro atoms. The van der Waals surface area contributed by atoms with Crippen molar-refractivity contribution in [2.75, 3.05) is 24.6 Å². The van der Waals surface area contributed by atoms with Crippen LogP contribution >= 0.6 is 0 Å². The Bertz CT molecular complexity index is 350. The molecule has 0 bridgehead atoms. The molecule has 0 heterocycles. The summed E-state index contributed by atoms with van der Waals surface area (Å²) in [6.07, 6.45) is 0.783. The number of hydrogen-bond acceptors (Lipinski definition) is 3. The minimum Gasteiger partial charge on any atom is -0.394 e. The van der Waals surface area contributed by atoms with Crippen LogP contribution in [0.5, 0.6) is 0 Å². The highest BCUT2D eigenvalue weighted by atomic mass is 16.3. The van der Waals surface area contributed by atoms with Crippen LogP contribution in [0.2, 0.25) is 0 Å². The van der Waals surface area contributed by atoms with Crippen molar-refractivity contribution >= 4 is 5.69 Å². The number of aryl methyl sites for hydroxylation is 1. The van der Waals surface area contributed by atoms with Gasteiger partial charge in [-0.25, -0.2) is 0 Å². The lowest BCUT2D eigenvalue weighted by atomic mass is 10.0. The molecule has 0 radical (unpaired) electrons. The van der Waals surface area contributed by atoms with Crippen molar-refractivity contribution in [1.29, 1.82) is 0 Å². The molecule has 0 saturated carbocycles. The summed E-state index contributed by atoms with van der Waals surface area (Å²) in [6.45, 7) is 7.96. The van der Waals surface area contributed by atoms with Gasteiger partial charge in [-0.15, -0.1) is 0 Å². The molecule has 1 unspecified atom stereocenters. The topological polar surface area (TPSA) is 49.5 Å². The Kier molecular flexibility index (Phi) is 4.97. The van der Waals surface area contributed by atoms with Crippen LogP contribution in [-0.4, -0.2) is 30.3 Å². The van der Waals surface area contributed by atoms with Crippen LogP contribution in [-0.2, 0) is 0 Å². The van der Waals surface area contributed by atoms with E-state index < -0.39 is 5.54 Å². The molecule has 0 aliphatic heterocycles. The largest absolute Gasteiger partial charge is 0.394 e. The van der Waals surface area contributed by atoms with E-state index in [9.17, 15) is 0 Å². The van der Waals surface area contributed by atoms with E-state index >= 15 is 0 Å². The lowest BCUT2D eigenvalue weighted by Gasteiger charge is -2.29. The van der Waals surface area contributed by atoms with E-state index in [1.807, 2.05) is 6.92 Å². The van der Waals surface area contributed by atoms with Crippen molar-refractivity contribution < 1.29 is 5.11 Å². The van der Waals surface area contributed by atoms with Gasteiger partial charge in [0.1, 0.15) is 0 Å². The number of hydrogen-bond donors (Lipinski definition) is 2. The van der Waals surface area contributed by atoms with Gasteiger partial charge in [0, 0.05) is 24.3 Å². The first-order valence-electron chi connectivity index (χ1n) is 6.20. The molecule has 3 nitrogen and oxygen atoms in total. The fraction of sp³-hybridized carbons (Fsp3) is 0.571. The van der Waals surface area contributed by atoms with Gasteiger partial charge in [0.25, 0.3) is 0 Å². The van der Waals surface area contributed by atoms with Crippen LogP contribution in [0.1, 0.15) is 25.8 Å². The fourth-order valence-corrected chi connectivity index (χ4v) is 1.76. The van der Waals surface area contributed by atoms with E-state index in [0.717, 1.165) is 19.5 Å². The maximum Gasteiger partial charge on any atom is 0.0609 e. The van der Waals surface area contributed by atoms with Gasteiger partial charge in [0.2, 0.25) is 0 Å². The standard InChI is InChI=1S/C14H24N2O/c1-4-16(9-8-14(3,15)11-17)13-7-5-6-12(2)10-13/h5-7,10,17H,4,8-9,11,15H2,1-3H3. The quantitative estimate of drug-likeness (QED) is 0.793. The Morgan fingerprint density at radius 2 is 2.12 bits per heavy atom. The molecule has 3 N–H and O–H groups in total. The van der Waals surface area contributed by atoms with E-state index in [4.69, 9.17) is 10.8 Å². The molecule has 17 heavy (non-hydrogen) atoms. The molecular weight excluding hydrogens is 212 g/mol. The van der Waals surface area contributed by atoms with Gasteiger partial charge in [0.15, 0.2) is 0 Å². The molecule has 0 saturated heterocycles. The van der Waals surface area contributed by atoms with Crippen molar-refractivity contribution in [3.63, 3.8) is 0 Å². The number of aliphatic hydroxyl groups excluding tert-OH is 1. The normalized spacial score (nSPS) is 14.4. The predicted octanol–water partition coefficient (Wildman–Crippen LogP) is 1.92. The molecule has 0 amide bonds. The van der Waals surface area contributed by atoms with Crippen molar-refractivity contribution in [2.45, 2.75) is 32.7 Å². The molecule has 1 rings (SSSR count). The highest BCUT2D eigenvalue weighted by Crippen LogP contribution is 2.17. The summed E-state index contributed by atoms with van der Waals surface area (Å²) in [5.41, 5.74) is 7.95. The zero-order chi connectivity index (χ0) is 12.9. The van der Waals surface area contributed by atoms with Gasteiger partial charge >= 0.3 is 0 Å². The Labute approximate surface area is 104 Å².